The quantitative estimate of drug-likeness (QED) is 0.224. The molecule has 3 saturated heterocycles. The van der Waals surface area contributed by atoms with Crippen molar-refractivity contribution in [1.29, 1.82) is 0 Å². The van der Waals surface area contributed by atoms with Crippen molar-refractivity contribution in [3.05, 3.63) is 97.1 Å². The summed E-state index contributed by atoms with van der Waals surface area (Å²) < 4.78 is 12.8. The van der Waals surface area contributed by atoms with Gasteiger partial charge in [0, 0.05) is 19.5 Å². The van der Waals surface area contributed by atoms with E-state index in [2.05, 4.69) is 18.5 Å². The van der Waals surface area contributed by atoms with E-state index in [-0.39, 0.29) is 31.4 Å². The van der Waals surface area contributed by atoms with Crippen LogP contribution < -0.4 is 5.32 Å². The first-order valence-corrected chi connectivity index (χ1v) is 16.4. The minimum atomic E-state index is -1.26. The standard InChI is InChI=1S/C37H45N3O7/c1-5-7-18-29(42)38-25(4)32(27-16-12-9-13-17-27)46-36(45)30-28-19-20-37(47-28)31(30)34(43)40(24(3)23-41)33(37)35(44)39(21-6-2)22-26-14-10-8-11-15-26/h5-6,8-17,24-25,28,30-33,41H,1-2,7,18-23H2,3-4H3,(H,38,42)/t24-,25-,28-,30+,31+,32-,33-,37+/m1/s1. The number of fused-ring (bicyclic) bond motifs is 1. The molecule has 2 aromatic carbocycles. The molecule has 10 heteroatoms. The van der Waals surface area contributed by atoms with E-state index >= 15 is 0 Å². The summed E-state index contributed by atoms with van der Waals surface area (Å²) in [6, 6.07) is 16.4. The van der Waals surface area contributed by atoms with Gasteiger partial charge in [0.15, 0.2) is 0 Å². The van der Waals surface area contributed by atoms with E-state index in [0.717, 1.165) is 5.56 Å². The van der Waals surface area contributed by atoms with Crippen LogP contribution in [0.3, 0.4) is 0 Å². The Morgan fingerprint density at radius 2 is 1.79 bits per heavy atom. The van der Waals surface area contributed by atoms with Gasteiger partial charge in [0.25, 0.3) is 0 Å². The van der Waals surface area contributed by atoms with Gasteiger partial charge in [0.1, 0.15) is 17.7 Å². The Morgan fingerprint density at radius 1 is 1.11 bits per heavy atom. The monoisotopic (exact) mass is 643 g/mol. The summed E-state index contributed by atoms with van der Waals surface area (Å²) in [5.41, 5.74) is 0.353. The minimum Gasteiger partial charge on any atom is -0.455 e. The fourth-order valence-electron chi connectivity index (χ4n) is 7.51. The molecule has 3 aliphatic rings. The van der Waals surface area contributed by atoms with E-state index in [1.807, 2.05) is 60.7 Å². The van der Waals surface area contributed by atoms with Gasteiger partial charge in [0.05, 0.1) is 36.6 Å². The summed E-state index contributed by atoms with van der Waals surface area (Å²) >= 11 is 0. The van der Waals surface area contributed by atoms with Gasteiger partial charge < -0.3 is 29.7 Å². The Kier molecular flexibility index (Phi) is 10.6. The fraction of sp³-hybridized carbons (Fsp3) is 0.459. The molecule has 10 nitrogen and oxygen atoms in total. The average molecular weight is 644 g/mol. The van der Waals surface area contributed by atoms with Gasteiger partial charge in [-0.25, -0.2) is 0 Å². The molecule has 3 aliphatic heterocycles. The smallest absolute Gasteiger partial charge is 0.313 e. The summed E-state index contributed by atoms with van der Waals surface area (Å²) in [5, 5.41) is 13.2. The molecule has 0 aromatic heterocycles. The summed E-state index contributed by atoms with van der Waals surface area (Å²) in [7, 11) is 0. The van der Waals surface area contributed by atoms with Gasteiger partial charge in [-0.1, -0.05) is 72.8 Å². The van der Waals surface area contributed by atoms with Crippen LogP contribution in [0.4, 0.5) is 0 Å². The van der Waals surface area contributed by atoms with Crippen molar-refractivity contribution in [2.45, 2.75) is 82.0 Å². The minimum absolute atomic E-state index is 0.197. The topological polar surface area (TPSA) is 125 Å². The van der Waals surface area contributed by atoms with Crippen LogP contribution in [-0.4, -0.2) is 81.6 Å². The van der Waals surface area contributed by atoms with Crippen molar-refractivity contribution < 1.29 is 33.8 Å². The number of ether oxygens (including phenoxy) is 2. The number of hydrogen-bond donors (Lipinski definition) is 2. The Balaban J connectivity index is 1.45. The predicted molar refractivity (Wildman–Crippen MR) is 175 cm³/mol. The van der Waals surface area contributed by atoms with Crippen LogP contribution >= 0.6 is 0 Å². The molecule has 2 aromatic rings. The van der Waals surface area contributed by atoms with Crippen molar-refractivity contribution in [3.63, 3.8) is 0 Å². The van der Waals surface area contributed by atoms with Gasteiger partial charge in [0.2, 0.25) is 17.7 Å². The van der Waals surface area contributed by atoms with Crippen LogP contribution in [0.25, 0.3) is 0 Å². The number of amides is 3. The molecule has 3 heterocycles. The van der Waals surface area contributed by atoms with Crippen molar-refractivity contribution in [2.75, 3.05) is 13.2 Å². The van der Waals surface area contributed by atoms with E-state index in [1.54, 1.807) is 30.9 Å². The van der Waals surface area contributed by atoms with Gasteiger partial charge in [-0.05, 0) is 44.2 Å². The largest absolute Gasteiger partial charge is 0.455 e. The molecule has 0 aliphatic carbocycles. The van der Waals surface area contributed by atoms with E-state index in [9.17, 15) is 24.3 Å². The average Bonchev–Trinajstić information content (AvgIpc) is 3.73. The Hall–Kier alpha value is -4.28. The fourth-order valence-corrected chi connectivity index (χ4v) is 7.51. The molecule has 8 atom stereocenters. The molecule has 250 valence electrons. The van der Waals surface area contributed by atoms with E-state index in [4.69, 9.17) is 9.47 Å². The zero-order valence-corrected chi connectivity index (χ0v) is 27.1. The maximum atomic E-state index is 14.5. The van der Waals surface area contributed by atoms with Crippen molar-refractivity contribution in [2.24, 2.45) is 11.8 Å². The highest BCUT2D eigenvalue weighted by molar-refractivity contribution is 5.98. The molecular weight excluding hydrogens is 598 g/mol. The highest BCUT2D eigenvalue weighted by Crippen LogP contribution is 2.59. The second-order valence-electron chi connectivity index (χ2n) is 12.8. The lowest BCUT2D eigenvalue weighted by atomic mass is 9.70. The van der Waals surface area contributed by atoms with Crippen LogP contribution in [0.15, 0.2) is 86.0 Å². The molecule has 5 rings (SSSR count). The maximum Gasteiger partial charge on any atom is 0.313 e. The molecule has 0 saturated carbocycles. The Morgan fingerprint density at radius 3 is 2.43 bits per heavy atom. The first-order valence-electron chi connectivity index (χ1n) is 16.4. The third kappa shape index (κ3) is 6.62. The van der Waals surface area contributed by atoms with Crippen LogP contribution in [0, 0.1) is 11.8 Å². The molecule has 1 spiro atoms. The normalized spacial score (nSPS) is 26.2. The Labute approximate surface area is 276 Å². The molecule has 3 fully saturated rings. The number of hydrogen-bond acceptors (Lipinski definition) is 7. The number of nitrogens with zero attached hydrogens (tertiary/aromatic N) is 2. The molecular formula is C37H45N3O7. The van der Waals surface area contributed by atoms with E-state index in [1.165, 1.54) is 4.90 Å². The van der Waals surface area contributed by atoms with E-state index in [0.29, 0.717) is 31.4 Å². The summed E-state index contributed by atoms with van der Waals surface area (Å²) in [6.07, 6.45) is 3.51. The zero-order valence-electron chi connectivity index (χ0n) is 27.1. The second kappa shape index (κ2) is 14.6. The number of aliphatic hydroxyl groups is 1. The molecule has 0 radical (unpaired) electrons. The maximum absolute atomic E-state index is 14.5. The second-order valence-corrected chi connectivity index (χ2v) is 12.8. The number of allylic oxidation sites excluding steroid dienone is 1. The highest BCUT2D eigenvalue weighted by Gasteiger charge is 2.75. The highest BCUT2D eigenvalue weighted by atomic mass is 16.6. The third-order valence-electron chi connectivity index (χ3n) is 9.65. The number of nitrogens with one attached hydrogen (secondary N) is 1. The summed E-state index contributed by atoms with van der Waals surface area (Å²) in [4.78, 5) is 58.7. The van der Waals surface area contributed by atoms with Crippen LogP contribution in [0.1, 0.15) is 56.8 Å². The molecule has 3 amide bonds. The zero-order chi connectivity index (χ0) is 33.7. The predicted octanol–water partition coefficient (Wildman–Crippen LogP) is 3.71. The van der Waals surface area contributed by atoms with E-state index < -0.39 is 59.6 Å². The lowest BCUT2D eigenvalue weighted by Crippen LogP contribution is -2.58. The van der Waals surface area contributed by atoms with Gasteiger partial charge in [-0.2, -0.15) is 0 Å². The number of carbonyl (C=O) groups excluding carboxylic acids is 4. The van der Waals surface area contributed by atoms with Crippen molar-refractivity contribution in [3.8, 4) is 0 Å². The summed E-state index contributed by atoms with van der Waals surface area (Å²) in [6.45, 7) is 11.1. The third-order valence-corrected chi connectivity index (χ3v) is 9.65. The first kappa shape index (κ1) is 34.1. The number of rotatable bonds is 15. The number of esters is 1. The lowest BCUT2D eigenvalue weighted by molar-refractivity contribution is -0.162. The molecule has 47 heavy (non-hydrogen) atoms. The van der Waals surface area contributed by atoms with Gasteiger partial charge in [-0.15, -0.1) is 13.2 Å². The Bertz CT molecular complexity index is 1470. The SMILES string of the molecule is C=CCCC(=O)N[C@H](C)[C@@H](OC(=O)[C@@H]1[C@H]2C(=O)N([C@H](C)CO)[C@H](C(=O)N(CC=C)Cc3ccccc3)[C@]23CC[C@H]1O3)c1ccccc1. The number of likely N-dealkylation sites (tertiary alicyclic amines) is 1. The van der Waals surface area contributed by atoms with Crippen molar-refractivity contribution in [1.82, 2.24) is 15.1 Å². The van der Waals surface area contributed by atoms with Gasteiger partial charge in [-0.3, -0.25) is 19.2 Å². The van der Waals surface area contributed by atoms with Crippen LogP contribution in [-0.2, 0) is 35.2 Å². The number of carbonyl (C=O) groups is 4. The van der Waals surface area contributed by atoms with Crippen LogP contribution in [0.5, 0.6) is 0 Å². The van der Waals surface area contributed by atoms with Gasteiger partial charge >= 0.3 is 5.97 Å². The van der Waals surface area contributed by atoms with Crippen LogP contribution in [0.2, 0.25) is 0 Å². The first-order chi connectivity index (χ1) is 22.7. The molecule has 2 bridgehead atoms. The lowest BCUT2D eigenvalue weighted by Gasteiger charge is -2.38. The number of benzene rings is 2. The number of aliphatic hydroxyl groups excluding tert-OH is 1. The molecule has 2 N–H and O–H groups in total. The van der Waals surface area contributed by atoms with Crippen molar-refractivity contribution >= 4 is 23.7 Å². The summed E-state index contributed by atoms with van der Waals surface area (Å²) in [5.74, 6) is -3.47. The molecule has 0 unspecified atom stereocenters.